The van der Waals surface area contributed by atoms with E-state index >= 15 is 0 Å². The van der Waals surface area contributed by atoms with Gasteiger partial charge in [0.05, 0.1) is 0 Å². The summed E-state index contributed by atoms with van der Waals surface area (Å²) in [5, 5.41) is 15.8. The van der Waals surface area contributed by atoms with Crippen molar-refractivity contribution in [3.63, 3.8) is 0 Å². The van der Waals surface area contributed by atoms with E-state index < -0.39 is 17.8 Å². The molecule has 2 rings (SSSR count). The van der Waals surface area contributed by atoms with Gasteiger partial charge in [0, 0.05) is 10.9 Å². The second-order valence-corrected chi connectivity index (χ2v) is 3.73. The predicted octanol–water partition coefficient (Wildman–Crippen LogP) is 1.25. The third-order valence-corrected chi connectivity index (χ3v) is 2.46. The number of carboxylic acids is 2. The largest absolute Gasteiger partial charge is 0.473 e. The summed E-state index contributed by atoms with van der Waals surface area (Å²) in [6, 6.07) is 7.56. The van der Waals surface area contributed by atoms with E-state index in [-0.39, 0.29) is 5.76 Å². The number of primary amides is 1. The van der Waals surface area contributed by atoms with Crippen LogP contribution in [0.15, 0.2) is 28.7 Å². The lowest BCUT2D eigenvalue weighted by Crippen LogP contribution is -2.11. The van der Waals surface area contributed by atoms with Gasteiger partial charge in [-0.1, -0.05) is 25.1 Å². The van der Waals surface area contributed by atoms with E-state index in [1.165, 1.54) is 0 Å². The summed E-state index contributed by atoms with van der Waals surface area (Å²) in [6.45, 7) is 1.98. The zero-order valence-corrected chi connectivity index (χ0v) is 10.6. The number of nitrogens with two attached hydrogens (primary N) is 1. The van der Waals surface area contributed by atoms with Crippen LogP contribution in [0.25, 0.3) is 11.0 Å². The molecule has 0 saturated heterocycles. The van der Waals surface area contributed by atoms with Crippen molar-refractivity contribution in [1.82, 2.24) is 0 Å². The van der Waals surface area contributed by atoms with Crippen LogP contribution in [0.2, 0.25) is 0 Å². The lowest BCUT2D eigenvalue weighted by atomic mass is 10.1. The molecule has 1 aromatic carbocycles. The molecule has 0 aliphatic carbocycles. The van der Waals surface area contributed by atoms with Crippen LogP contribution >= 0.6 is 0 Å². The van der Waals surface area contributed by atoms with E-state index in [4.69, 9.17) is 30.0 Å². The third kappa shape index (κ3) is 3.35. The first kappa shape index (κ1) is 15.2. The van der Waals surface area contributed by atoms with Crippen molar-refractivity contribution in [3.05, 3.63) is 35.6 Å². The molecule has 0 bridgehead atoms. The van der Waals surface area contributed by atoms with E-state index in [0.29, 0.717) is 0 Å². The van der Waals surface area contributed by atoms with Gasteiger partial charge in [-0.3, -0.25) is 4.79 Å². The number of rotatable bonds is 2. The van der Waals surface area contributed by atoms with Crippen molar-refractivity contribution in [1.29, 1.82) is 0 Å². The van der Waals surface area contributed by atoms with E-state index in [2.05, 4.69) is 0 Å². The monoisotopic (exact) mass is 279 g/mol. The Balaban J connectivity index is 0.000000286. The highest BCUT2D eigenvalue weighted by Gasteiger charge is 2.15. The number of aliphatic carboxylic acids is 2. The van der Waals surface area contributed by atoms with Gasteiger partial charge in [0.15, 0.2) is 5.76 Å². The summed E-state index contributed by atoms with van der Waals surface area (Å²) in [6.07, 6.45) is 0.745. The smallest absolute Gasteiger partial charge is 0.414 e. The maximum atomic E-state index is 11.1. The summed E-state index contributed by atoms with van der Waals surface area (Å²) < 4.78 is 5.38. The number of hydrogen-bond donors (Lipinski definition) is 3. The standard InChI is InChI=1S/C11H11NO2.C2H2O4/c1-2-7-8-5-3-4-6-9(8)14-10(7)11(12)13;3-1(4)2(5)6/h3-6H,2H2,1H3,(H2,12,13);(H,3,4)(H,5,6). The van der Waals surface area contributed by atoms with Gasteiger partial charge < -0.3 is 20.4 Å². The molecule has 0 unspecified atom stereocenters. The normalized spacial score (nSPS) is 9.65. The van der Waals surface area contributed by atoms with Gasteiger partial charge >= 0.3 is 11.9 Å². The average Bonchev–Trinajstić information content (AvgIpc) is 2.78. The molecular weight excluding hydrogens is 266 g/mol. The minimum absolute atomic E-state index is 0.286. The van der Waals surface area contributed by atoms with E-state index in [1.54, 1.807) is 0 Å². The Bertz CT molecular complexity index is 646. The number of hydrogen-bond acceptors (Lipinski definition) is 4. The molecular formula is C13H13NO6. The Hall–Kier alpha value is -2.83. The number of furan rings is 1. The molecule has 0 radical (unpaired) electrons. The van der Waals surface area contributed by atoms with Crippen LogP contribution in [-0.4, -0.2) is 28.1 Å². The summed E-state index contributed by atoms with van der Waals surface area (Å²) in [7, 11) is 0. The molecule has 2 aromatic rings. The minimum Gasteiger partial charge on any atom is -0.473 e. The SMILES string of the molecule is CCc1c(C(N)=O)oc2ccccc12.O=C(O)C(=O)O. The summed E-state index contributed by atoms with van der Waals surface area (Å²) >= 11 is 0. The van der Waals surface area contributed by atoms with Gasteiger partial charge in [-0.05, 0) is 12.5 Å². The summed E-state index contributed by atoms with van der Waals surface area (Å²) in [5.41, 5.74) is 6.84. The topological polar surface area (TPSA) is 131 Å². The van der Waals surface area contributed by atoms with Crippen LogP contribution in [-0.2, 0) is 16.0 Å². The molecule has 1 heterocycles. The number of fused-ring (bicyclic) bond motifs is 1. The lowest BCUT2D eigenvalue weighted by Gasteiger charge is -1.93. The molecule has 4 N–H and O–H groups in total. The summed E-state index contributed by atoms with van der Waals surface area (Å²) in [4.78, 5) is 29.3. The number of amides is 1. The first-order chi connectivity index (χ1) is 9.38. The van der Waals surface area contributed by atoms with Crippen molar-refractivity contribution in [2.45, 2.75) is 13.3 Å². The second kappa shape index (κ2) is 6.37. The fourth-order valence-electron chi connectivity index (χ4n) is 1.65. The quantitative estimate of drug-likeness (QED) is 0.709. The van der Waals surface area contributed by atoms with Crippen molar-refractivity contribution < 1.29 is 29.0 Å². The molecule has 0 atom stereocenters. The molecule has 20 heavy (non-hydrogen) atoms. The molecule has 0 saturated carbocycles. The molecule has 0 aliphatic rings. The maximum absolute atomic E-state index is 11.1. The number of aryl methyl sites for hydroxylation is 1. The van der Waals surface area contributed by atoms with E-state index in [1.807, 2.05) is 31.2 Å². The van der Waals surface area contributed by atoms with Crippen LogP contribution in [0.4, 0.5) is 0 Å². The van der Waals surface area contributed by atoms with Gasteiger partial charge in [-0.2, -0.15) is 0 Å². The van der Waals surface area contributed by atoms with Crippen LogP contribution in [0.3, 0.4) is 0 Å². The lowest BCUT2D eigenvalue weighted by molar-refractivity contribution is -0.159. The third-order valence-electron chi connectivity index (χ3n) is 2.46. The molecule has 7 heteroatoms. The number of benzene rings is 1. The zero-order valence-electron chi connectivity index (χ0n) is 10.6. The first-order valence-corrected chi connectivity index (χ1v) is 5.64. The van der Waals surface area contributed by atoms with Crippen LogP contribution in [0.1, 0.15) is 23.0 Å². The highest BCUT2D eigenvalue weighted by molar-refractivity contribution is 6.27. The van der Waals surface area contributed by atoms with Gasteiger partial charge in [0.25, 0.3) is 5.91 Å². The van der Waals surface area contributed by atoms with Crippen LogP contribution < -0.4 is 5.73 Å². The van der Waals surface area contributed by atoms with E-state index in [9.17, 15) is 4.79 Å². The van der Waals surface area contributed by atoms with Gasteiger partial charge in [0.1, 0.15) is 5.58 Å². The Morgan fingerprint density at radius 2 is 1.70 bits per heavy atom. The van der Waals surface area contributed by atoms with Crippen molar-refractivity contribution >= 4 is 28.8 Å². The second-order valence-electron chi connectivity index (χ2n) is 3.73. The molecule has 1 amide bonds. The van der Waals surface area contributed by atoms with Gasteiger partial charge in [-0.15, -0.1) is 0 Å². The predicted molar refractivity (Wildman–Crippen MR) is 69.4 cm³/mol. The maximum Gasteiger partial charge on any atom is 0.414 e. The van der Waals surface area contributed by atoms with Crippen molar-refractivity contribution in [2.24, 2.45) is 5.73 Å². The van der Waals surface area contributed by atoms with Gasteiger partial charge in [-0.25, -0.2) is 9.59 Å². The minimum atomic E-state index is -1.82. The number of para-hydroxylation sites is 1. The van der Waals surface area contributed by atoms with Crippen molar-refractivity contribution in [2.75, 3.05) is 0 Å². The van der Waals surface area contributed by atoms with Crippen LogP contribution in [0.5, 0.6) is 0 Å². The molecule has 0 aliphatic heterocycles. The number of carboxylic acid groups (broad SMARTS) is 2. The molecule has 0 fully saturated rings. The Labute approximate surface area is 113 Å². The fraction of sp³-hybridized carbons (Fsp3) is 0.154. The molecule has 0 spiro atoms. The highest BCUT2D eigenvalue weighted by atomic mass is 16.4. The number of carbonyl (C=O) groups is 3. The van der Waals surface area contributed by atoms with Gasteiger partial charge in [0.2, 0.25) is 0 Å². The first-order valence-electron chi connectivity index (χ1n) is 5.64. The molecule has 106 valence electrons. The molecule has 7 nitrogen and oxygen atoms in total. The molecule has 1 aromatic heterocycles. The van der Waals surface area contributed by atoms with E-state index in [0.717, 1.165) is 23.0 Å². The zero-order chi connectivity index (χ0) is 15.3. The Kier molecular flexibility index (Phi) is 4.85. The number of carbonyl (C=O) groups excluding carboxylic acids is 1. The van der Waals surface area contributed by atoms with Crippen LogP contribution in [0, 0.1) is 0 Å². The Morgan fingerprint density at radius 3 is 2.15 bits per heavy atom. The highest BCUT2D eigenvalue weighted by Crippen LogP contribution is 2.25. The Morgan fingerprint density at radius 1 is 1.15 bits per heavy atom. The fourth-order valence-corrected chi connectivity index (χ4v) is 1.65. The van der Waals surface area contributed by atoms with Crippen molar-refractivity contribution in [3.8, 4) is 0 Å². The summed E-state index contributed by atoms with van der Waals surface area (Å²) in [5.74, 6) is -3.86. The average molecular weight is 279 g/mol.